The molecule has 1 amide bonds. The van der Waals surface area contributed by atoms with Crippen LogP contribution < -0.4 is 11.1 Å². The van der Waals surface area contributed by atoms with Gasteiger partial charge in [-0.05, 0) is 25.0 Å². The van der Waals surface area contributed by atoms with Crippen LogP contribution in [0.2, 0.25) is 0 Å². The number of ether oxygens (including phenoxy) is 1. The SMILES string of the molecule is Cl.NC1(C(=O)Nc2nc(-c3cccc(Br)c3)cs2)CCOCC1. The van der Waals surface area contributed by atoms with Crippen molar-refractivity contribution in [2.24, 2.45) is 5.73 Å². The lowest BCUT2D eigenvalue weighted by atomic mass is 9.90. The first kappa shape index (κ1) is 18.4. The van der Waals surface area contributed by atoms with Gasteiger partial charge in [-0.1, -0.05) is 28.1 Å². The molecule has 8 heteroatoms. The Morgan fingerprint density at radius 2 is 2.13 bits per heavy atom. The number of nitrogens with zero attached hydrogens (tertiary/aromatic N) is 1. The second-order valence-electron chi connectivity index (χ2n) is 5.27. The molecule has 0 bridgehead atoms. The molecule has 0 atom stereocenters. The Morgan fingerprint density at radius 3 is 2.83 bits per heavy atom. The van der Waals surface area contributed by atoms with Crippen LogP contribution in [0.25, 0.3) is 11.3 Å². The predicted molar refractivity (Wildman–Crippen MR) is 98.1 cm³/mol. The van der Waals surface area contributed by atoms with Gasteiger partial charge in [-0.2, -0.15) is 0 Å². The summed E-state index contributed by atoms with van der Waals surface area (Å²) in [6, 6.07) is 7.88. The minimum Gasteiger partial charge on any atom is -0.381 e. The molecule has 23 heavy (non-hydrogen) atoms. The van der Waals surface area contributed by atoms with E-state index in [4.69, 9.17) is 10.5 Å². The summed E-state index contributed by atoms with van der Waals surface area (Å²) in [6.45, 7) is 1.04. The van der Waals surface area contributed by atoms with Gasteiger partial charge in [-0.15, -0.1) is 23.7 Å². The van der Waals surface area contributed by atoms with Crippen LogP contribution in [0.3, 0.4) is 0 Å². The number of halogens is 2. The molecule has 0 saturated carbocycles. The summed E-state index contributed by atoms with van der Waals surface area (Å²) in [5.41, 5.74) is 7.14. The van der Waals surface area contributed by atoms with Crippen molar-refractivity contribution in [2.75, 3.05) is 18.5 Å². The van der Waals surface area contributed by atoms with Gasteiger partial charge in [0, 0.05) is 28.6 Å². The van der Waals surface area contributed by atoms with Gasteiger partial charge in [0.2, 0.25) is 5.91 Å². The third kappa shape index (κ3) is 4.30. The van der Waals surface area contributed by atoms with E-state index in [9.17, 15) is 4.79 Å². The monoisotopic (exact) mass is 417 g/mol. The number of nitrogens with one attached hydrogen (secondary N) is 1. The summed E-state index contributed by atoms with van der Waals surface area (Å²) in [5.74, 6) is -0.189. The van der Waals surface area contributed by atoms with E-state index in [0.717, 1.165) is 15.7 Å². The number of hydrogen-bond donors (Lipinski definition) is 2. The van der Waals surface area contributed by atoms with E-state index in [1.165, 1.54) is 11.3 Å². The van der Waals surface area contributed by atoms with Crippen molar-refractivity contribution in [3.05, 3.63) is 34.1 Å². The largest absolute Gasteiger partial charge is 0.381 e. The standard InChI is InChI=1S/C15H16BrN3O2S.ClH/c16-11-3-1-2-10(8-11)12-9-22-14(18-12)19-13(20)15(17)4-6-21-7-5-15;/h1-3,8-9H,4-7,17H2,(H,18,19,20);1H. The first-order valence-electron chi connectivity index (χ1n) is 6.96. The van der Waals surface area contributed by atoms with E-state index >= 15 is 0 Å². The molecule has 3 rings (SSSR count). The highest BCUT2D eigenvalue weighted by atomic mass is 79.9. The summed E-state index contributed by atoms with van der Waals surface area (Å²) in [4.78, 5) is 16.8. The van der Waals surface area contributed by atoms with Crippen LogP contribution in [-0.4, -0.2) is 29.6 Å². The number of thiazole rings is 1. The first-order chi connectivity index (χ1) is 10.6. The lowest BCUT2D eigenvalue weighted by molar-refractivity contribution is -0.124. The Balaban J connectivity index is 0.00000192. The molecule has 1 aliphatic rings. The highest BCUT2D eigenvalue weighted by Crippen LogP contribution is 2.28. The molecule has 0 radical (unpaired) electrons. The number of nitrogens with two attached hydrogens (primary N) is 1. The number of amides is 1. The summed E-state index contributed by atoms with van der Waals surface area (Å²) in [7, 11) is 0. The van der Waals surface area contributed by atoms with Crippen molar-refractivity contribution in [2.45, 2.75) is 18.4 Å². The van der Waals surface area contributed by atoms with Crippen LogP contribution in [-0.2, 0) is 9.53 Å². The molecule has 1 aromatic heterocycles. The molecule has 1 saturated heterocycles. The number of aromatic nitrogens is 1. The zero-order chi connectivity index (χ0) is 15.6. The molecule has 5 nitrogen and oxygen atoms in total. The Kier molecular flexibility index (Phi) is 6.16. The second kappa shape index (κ2) is 7.72. The van der Waals surface area contributed by atoms with Crippen LogP contribution >= 0.6 is 39.7 Å². The lowest BCUT2D eigenvalue weighted by Crippen LogP contribution is -2.54. The maximum atomic E-state index is 12.4. The molecule has 2 aromatic rings. The Labute approximate surface area is 153 Å². The first-order valence-corrected chi connectivity index (χ1v) is 8.64. The normalized spacial score (nSPS) is 16.4. The van der Waals surface area contributed by atoms with E-state index in [2.05, 4.69) is 26.2 Å². The highest BCUT2D eigenvalue weighted by molar-refractivity contribution is 9.10. The number of rotatable bonds is 3. The number of hydrogen-bond acceptors (Lipinski definition) is 5. The fraction of sp³-hybridized carbons (Fsp3) is 0.333. The van der Waals surface area contributed by atoms with Crippen LogP contribution in [0.5, 0.6) is 0 Å². The zero-order valence-electron chi connectivity index (χ0n) is 12.3. The van der Waals surface area contributed by atoms with Crippen molar-refractivity contribution >= 4 is 50.7 Å². The maximum absolute atomic E-state index is 12.4. The highest BCUT2D eigenvalue weighted by Gasteiger charge is 2.36. The van der Waals surface area contributed by atoms with Crippen molar-refractivity contribution in [1.29, 1.82) is 0 Å². The molecule has 0 unspecified atom stereocenters. The Morgan fingerprint density at radius 1 is 1.39 bits per heavy atom. The predicted octanol–water partition coefficient (Wildman–Crippen LogP) is 3.44. The molecule has 2 heterocycles. The van der Waals surface area contributed by atoms with Crippen LogP contribution in [0.1, 0.15) is 12.8 Å². The smallest absolute Gasteiger partial charge is 0.246 e. The van der Waals surface area contributed by atoms with Crippen molar-refractivity contribution < 1.29 is 9.53 Å². The zero-order valence-corrected chi connectivity index (χ0v) is 15.5. The summed E-state index contributed by atoms with van der Waals surface area (Å²) in [6.07, 6.45) is 1.06. The van der Waals surface area contributed by atoms with E-state index < -0.39 is 5.54 Å². The van der Waals surface area contributed by atoms with Gasteiger partial charge in [0.05, 0.1) is 5.69 Å². The maximum Gasteiger partial charge on any atom is 0.246 e. The van der Waals surface area contributed by atoms with Gasteiger partial charge < -0.3 is 15.8 Å². The lowest BCUT2D eigenvalue weighted by Gasteiger charge is -2.31. The molecule has 1 aromatic carbocycles. The minimum atomic E-state index is -0.861. The quantitative estimate of drug-likeness (QED) is 0.800. The summed E-state index contributed by atoms with van der Waals surface area (Å²) < 4.78 is 6.25. The molecule has 0 aliphatic carbocycles. The van der Waals surface area contributed by atoms with Crippen LogP contribution in [0.4, 0.5) is 5.13 Å². The van der Waals surface area contributed by atoms with E-state index in [-0.39, 0.29) is 18.3 Å². The number of carbonyl (C=O) groups excluding carboxylic acids is 1. The van der Waals surface area contributed by atoms with Gasteiger partial charge >= 0.3 is 0 Å². The Bertz CT molecular complexity index is 689. The van der Waals surface area contributed by atoms with Gasteiger partial charge in [-0.25, -0.2) is 4.98 Å². The van der Waals surface area contributed by atoms with Crippen LogP contribution in [0.15, 0.2) is 34.1 Å². The molecule has 1 fully saturated rings. The van der Waals surface area contributed by atoms with Gasteiger partial charge in [-0.3, -0.25) is 4.79 Å². The number of benzene rings is 1. The van der Waals surface area contributed by atoms with E-state index in [1.807, 2.05) is 29.6 Å². The van der Waals surface area contributed by atoms with Gasteiger partial charge in [0.15, 0.2) is 5.13 Å². The van der Waals surface area contributed by atoms with Gasteiger partial charge in [0.25, 0.3) is 0 Å². The topological polar surface area (TPSA) is 77.2 Å². The van der Waals surface area contributed by atoms with Crippen LogP contribution in [0, 0.1) is 0 Å². The fourth-order valence-corrected chi connectivity index (χ4v) is 3.41. The second-order valence-corrected chi connectivity index (χ2v) is 7.04. The van der Waals surface area contributed by atoms with Crippen molar-refractivity contribution in [1.82, 2.24) is 4.98 Å². The van der Waals surface area contributed by atoms with Crippen molar-refractivity contribution in [3.8, 4) is 11.3 Å². The molecule has 1 aliphatic heterocycles. The Hall–Kier alpha value is -0.990. The molecular formula is C15H17BrClN3O2S. The molecular weight excluding hydrogens is 402 g/mol. The van der Waals surface area contributed by atoms with E-state index in [0.29, 0.717) is 31.2 Å². The number of carbonyl (C=O) groups is 1. The third-order valence-electron chi connectivity index (χ3n) is 3.68. The molecule has 3 N–H and O–H groups in total. The average Bonchev–Trinajstić information content (AvgIpc) is 2.96. The van der Waals surface area contributed by atoms with Gasteiger partial charge in [0.1, 0.15) is 5.54 Å². The molecule has 124 valence electrons. The fourth-order valence-electron chi connectivity index (χ4n) is 2.30. The number of anilines is 1. The van der Waals surface area contributed by atoms with E-state index in [1.54, 1.807) is 0 Å². The summed E-state index contributed by atoms with van der Waals surface area (Å²) in [5, 5.41) is 5.32. The molecule has 0 spiro atoms. The third-order valence-corrected chi connectivity index (χ3v) is 4.93. The average molecular weight is 419 g/mol. The summed E-state index contributed by atoms with van der Waals surface area (Å²) >= 11 is 4.84. The van der Waals surface area contributed by atoms with Crippen molar-refractivity contribution in [3.63, 3.8) is 0 Å². The minimum absolute atomic E-state index is 0.